The third-order valence-corrected chi connectivity index (χ3v) is 4.05. The van der Waals surface area contributed by atoms with Gasteiger partial charge in [0.05, 0.1) is 15.9 Å². The molecule has 1 N–H and O–H groups in total. The fourth-order valence-electron chi connectivity index (χ4n) is 1.97. The molecule has 6 nitrogen and oxygen atoms in total. The Hall–Kier alpha value is -1.89. The van der Waals surface area contributed by atoms with Gasteiger partial charge in [0.15, 0.2) is 11.4 Å². The van der Waals surface area contributed by atoms with E-state index in [1.165, 1.54) is 0 Å². The van der Waals surface area contributed by atoms with Crippen molar-refractivity contribution in [2.75, 3.05) is 0 Å². The number of rotatable bonds is 5. The van der Waals surface area contributed by atoms with E-state index in [4.69, 9.17) is 4.74 Å². The minimum absolute atomic E-state index is 0.0783. The number of aromatic carboxylic acids is 1. The molecule has 0 fully saturated rings. The van der Waals surface area contributed by atoms with Crippen LogP contribution >= 0.6 is 15.9 Å². The lowest BCUT2D eigenvalue weighted by Crippen LogP contribution is -2.10. The van der Waals surface area contributed by atoms with Crippen LogP contribution in [0.4, 0.5) is 0 Å². The molecule has 0 spiro atoms. The van der Waals surface area contributed by atoms with Crippen LogP contribution in [-0.2, 0) is 13.2 Å². The number of halogens is 1. The van der Waals surface area contributed by atoms with Crippen LogP contribution in [0.25, 0.3) is 0 Å². The van der Waals surface area contributed by atoms with Gasteiger partial charge in [0.2, 0.25) is 0 Å². The highest BCUT2D eigenvalue weighted by Crippen LogP contribution is 2.24. The first-order valence-corrected chi connectivity index (χ1v) is 7.28. The van der Waals surface area contributed by atoms with Gasteiger partial charge in [-0.1, -0.05) is 0 Å². The van der Waals surface area contributed by atoms with Crippen LogP contribution in [-0.4, -0.2) is 25.8 Å². The zero-order valence-electron chi connectivity index (χ0n) is 12.1. The zero-order chi connectivity index (χ0) is 15.6. The Morgan fingerprint density at radius 1 is 1.43 bits per heavy atom. The molecule has 0 aliphatic rings. The number of ether oxygens (including phenoxy) is 1. The van der Waals surface area contributed by atoms with Crippen molar-refractivity contribution in [2.24, 2.45) is 0 Å². The average Bonchev–Trinajstić information content (AvgIpc) is 2.72. The molecule has 0 atom stereocenters. The highest BCUT2D eigenvalue weighted by Gasteiger charge is 2.17. The van der Waals surface area contributed by atoms with Gasteiger partial charge in [-0.05, 0) is 48.8 Å². The van der Waals surface area contributed by atoms with Gasteiger partial charge < -0.3 is 9.84 Å². The van der Waals surface area contributed by atoms with Crippen LogP contribution in [0, 0.1) is 13.8 Å². The summed E-state index contributed by atoms with van der Waals surface area (Å²) in [5, 5.41) is 13.5. The van der Waals surface area contributed by atoms with Crippen molar-refractivity contribution in [3.63, 3.8) is 0 Å². The van der Waals surface area contributed by atoms with Gasteiger partial charge in [0.1, 0.15) is 6.61 Å². The molecule has 2 aromatic heterocycles. The fraction of sp³-hybridized carbons (Fsp3) is 0.357. The summed E-state index contributed by atoms with van der Waals surface area (Å²) in [6.07, 6.45) is 0. The lowest BCUT2D eigenvalue weighted by Gasteiger charge is -2.10. The molecule has 2 rings (SSSR count). The summed E-state index contributed by atoms with van der Waals surface area (Å²) in [6, 6.07) is 3.35. The maximum atomic E-state index is 11.2. The summed E-state index contributed by atoms with van der Waals surface area (Å²) in [5.41, 5.74) is 2.30. The molecular formula is C14H16BrN3O3. The van der Waals surface area contributed by atoms with Gasteiger partial charge in [0, 0.05) is 12.2 Å². The first kappa shape index (κ1) is 15.5. The van der Waals surface area contributed by atoms with Gasteiger partial charge in [-0.15, -0.1) is 0 Å². The topological polar surface area (TPSA) is 77.2 Å². The number of carbonyl (C=O) groups is 1. The molecule has 0 aliphatic carbocycles. The van der Waals surface area contributed by atoms with Crippen LogP contribution in [0.3, 0.4) is 0 Å². The first-order valence-electron chi connectivity index (χ1n) is 6.49. The maximum absolute atomic E-state index is 11.2. The maximum Gasteiger partial charge on any atom is 0.358 e. The summed E-state index contributed by atoms with van der Waals surface area (Å²) < 4.78 is 8.34. The Bertz CT molecular complexity index is 682. The second-order valence-corrected chi connectivity index (χ2v) is 5.35. The number of hydrogen-bond donors (Lipinski definition) is 1. The molecule has 0 bridgehead atoms. The van der Waals surface area contributed by atoms with E-state index in [1.54, 1.807) is 19.1 Å². The van der Waals surface area contributed by atoms with E-state index in [0.717, 1.165) is 15.9 Å². The predicted octanol–water partition coefficient (Wildman–Crippen LogP) is 2.95. The lowest BCUT2D eigenvalue weighted by molar-refractivity contribution is 0.0684. The van der Waals surface area contributed by atoms with Crippen LogP contribution in [0.2, 0.25) is 0 Å². The predicted molar refractivity (Wildman–Crippen MR) is 80.6 cm³/mol. The molecule has 0 amide bonds. The van der Waals surface area contributed by atoms with Gasteiger partial charge in [-0.2, -0.15) is 5.10 Å². The molecule has 112 valence electrons. The van der Waals surface area contributed by atoms with Crippen molar-refractivity contribution in [3.05, 3.63) is 39.4 Å². The molecule has 0 aromatic carbocycles. The Kier molecular flexibility index (Phi) is 4.62. The van der Waals surface area contributed by atoms with Crippen molar-refractivity contribution < 1.29 is 14.6 Å². The largest absolute Gasteiger partial charge is 0.485 e. The van der Waals surface area contributed by atoms with Crippen molar-refractivity contribution in [1.29, 1.82) is 0 Å². The summed E-state index contributed by atoms with van der Waals surface area (Å²) >= 11 is 3.48. The second kappa shape index (κ2) is 6.26. The Balaban J connectivity index is 2.27. The first-order chi connectivity index (χ1) is 9.93. The van der Waals surface area contributed by atoms with Crippen LogP contribution in [0.15, 0.2) is 16.6 Å². The number of nitrogens with zero attached hydrogens (tertiary/aromatic N) is 3. The minimum Gasteiger partial charge on any atom is -0.485 e. The van der Waals surface area contributed by atoms with Crippen LogP contribution in [0.1, 0.15) is 34.5 Å². The molecule has 0 radical (unpaired) electrons. The van der Waals surface area contributed by atoms with E-state index in [9.17, 15) is 9.90 Å². The Morgan fingerprint density at radius 3 is 2.76 bits per heavy atom. The van der Waals surface area contributed by atoms with Gasteiger partial charge in [0.25, 0.3) is 0 Å². The summed E-state index contributed by atoms with van der Waals surface area (Å²) in [5.74, 6) is -0.852. The number of carboxylic acid groups (broad SMARTS) is 1. The number of aromatic nitrogens is 3. The molecule has 0 saturated heterocycles. The molecule has 0 aliphatic heterocycles. The van der Waals surface area contributed by atoms with E-state index in [2.05, 4.69) is 26.0 Å². The minimum atomic E-state index is -1.10. The lowest BCUT2D eigenvalue weighted by atomic mass is 10.3. The number of aryl methyl sites for hydroxylation is 3. The molecule has 0 saturated carbocycles. The highest BCUT2D eigenvalue weighted by molar-refractivity contribution is 9.10. The second-order valence-electron chi connectivity index (χ2n) is 4.56. The molecule has 0 unspecified atom stereocenters. The fourth-order valence-corrected chi connectivity index (χ4v) is 2.37. The molecule has 21 heavy (non-hydrogen) atoms. The zero-order valence-corrected chi connectivity index (χ0v) is 13.6. The van der Waals surface area contributed by atoms with E-state index in [0.29, 0.717) is 12.2 Å². The van der Waals surface area contributed by atoms with E-state index in [1.807, 2.05) is 18.5 Å². The van der Waals surface area contributed by atoms with Crippen molar-refractivity contribution in [2.45, 2.75) is 33.9 Å². The van der Waals surface area contributed by atoms with Crippen molar-refractivity contribution >= 4 is 21.9 Å². The molecule has 2 heterocycles. The van der Waals surface area contributed by atoms with Crippen molar-refractivity contribution in [3.8, 4) is 5.75 Å². The molecule has 2 aromatic rings. The summed E-state index contributed by atoms with van der Waals surface area (Å²) in [7, 11) is 0. The summed E-state index contributed by atoms with van der Waals surface area (Å²) in [6.45, 7) is 6.56. The SMILES string of the molecule is CCn1nc(C)c(Br)c1COc1ccc(C)nc1C(=O)O. The smallest absolute Gasteiger partial charge is 0.358 e. The highest BCUT2D eigenvalue weighted by atomic mass is 79.9. The average molecular weight is 354 g/mol. The van der Waals surface area contributed by atoms with Crippen LogP contribution < -0.4 is 4.74 Å². The van der Waals surface area contributed by atoms with Gasteiger partial charge in [-0.25, -0.2) is 9.78 Å². The Labute approximate surface area is 130 Å². The van der Waals surface area contributed by atoms with E-state index < -0.39 is 5.97 Å². The monoisotopic (exact) mass is 353 g/mol. The van der Waals surface area contributed by atoms with Crippen molar-refractivity contribution in [1.82, 2.24) is 14.8 Å². The third-order valence-electron chi connectivity index (χ3n) is 3.02. The van der Waals surface area contributed by atoms with Gasteiger partial charge in [-0.3, -0.25) is 4.68 Å². The Morgan fingerprint density at radius 2 is 2.14 bits per heavy atom. The number of carboxylic acids is 1. The number of hydrogen-bond acceptors (Lipinski definition) is 4. The molecule has 7 heteroatoms. The van der Waals surface area contributed by atoms with Gasteiger partial charge >= 0.3 is 5.97 Å². The third kappa shape index (κ3) is 3.24. The number of pyridine rings is 1. The van der Waals surface area contributed by atoms with E-state index >= 15 is 0 Å². The summed E-state index contributed by atoms with van der Waals surface area (Å²) in [4.78, 5) is 15.2. The quantitative estimate of drug-likeness (QED) is 0.893. The molecular weight excluding hydrogens is 338 g/mol. The van der Waals surface area contributed by atoms with Crippen LogP contribution in [0.5, 0.6) is 5.75 Å². The van der Waals surface area contributed by atoms with E-state index in [-0.39, 0.29) is 18.1 Å². The standard InChI is InChI=1S/C14H16BrN3O3/c1-4-18-10(12(15)9(3)17-18)7-21-11-6-5-8(2)16-13(11)14(19)20/h5-6H,4,7H2,1-3H3,(H,19,20). The normalized spacial score (nSPS) is 10.7.